The molecule has 1 saturated heterocycles. The number of pyridine rings is 1. The highest BCUT2D eigenvalue weighted by atomic mass is 19.1. The standard InChI is InChI=1S/C19H21FN4O3/c1-27-17-6-4-14(20)9-16(17)23-19(26)24(11-13-3-2-8-21-10-13)12-15-5-7-18(25)22-15/h2-4,6,8-10,15H,5,7,11-12H2,1H3,(H,22,25)(H,23,26). The highest BCUT2D eigenvalue weighted by molar-refractivity contribution is 5.91. The first-order valence-electron chi connectivity index (χ1n) is 8.63. The minimum absolute atomic E-state index is 0.0199. The van der Waals surface area contributed by atoms with E-state index in [0.29, 0.717) is 31.7 Å². The fourth-order valence-corrected chi connectivity index (χ4v) is 2.98. The van der Waals surface area contributed by atoms with Crippen molar-refractivity contribution in [3.63, 3.8) is 0 Å². The molecule has 7 nitrogen and oxygen atoms in total. The Hall–Kier alpha value is -3.16. The van der Waals surface area contributed by atoms with Crippen LogP contribution in [0.4, 0.5) is 14.9 Å². The summed E-state index contributed by atoms with van der Waals surface area (Å²) < 4.78 is 18.8. The first-order valence-corrected chi connectivity index (χ1v) is 8.63. The van der Waals surface area contributed by atoms with Crippen LogP contribution in [-0.4, -0.2) is 41.5 Å². The van der Waals surface area contributed by atoms with Crippen LogP contribution >= 0.6 is 0 Å². The summed E-state index contributed by atoms with van der Waals surface area (Å²) in [5.41, 5.74) is 1.09. The van der Waals surface area contributed by atoms with E-state index in [0.717, 1.165) is 5.56 Å². The number of nitrogens with one attached hydrogen (secondary N) is 2. The fraction of sp³-hybridized carbons (Fsp3) is 0.316. The zero-order valence-corrected chi connectivity index (χ0v) is 14.9. The highest BCUT2D eigenvalue weighted by Gasteiger charge is 2.26. The Morgan fingerprint density at radius 2 is 2.30 bits per heavy atom. The van der Waals surface area contributed by atoms with Crippen molar-refractivity contribution in [3.05, 3.63) is 54.1 Å². The van der Waals surface area contributed by atoms with Crippen LogP contribution in [0.2, 0.25) is 0 Å². The lowest BCUT2D eigenvalue weighted by atomic mass is 10.2. The van der Waals surface area contributed by atoms with Crippen LogP contribution < -0.4 is 15.4 Å². The van der Waals surface area contributed by atoms with Gasteiger partial charge in [-0.25, -0.2) is 9.18 Å². The van der Waals surface area contributed by atoms with Gasteiger partial charge in [0.15, 0.2) is 0 Å². The molecule has 2 aromatic rings. The normalized spacial score (nSPS) is 15.9. The van der Waals surface area contributed by atoms with Crippen LogP contribution in [-0.2, 0) is 11.3 Å². The lowest BCUT2D eigenvalue weighted by molar-refractivity contribution is -0.119. The van der Waals surface area contributed by atoms with Crippen molar-refractivity contribution >= 4 is 17.6 Å². The van der Waals surface area contributed by atoms with E-state index in [-0.39, 0.29) is 17.6 Å². The van der Waals surface area contributed by atoms with Crippen LogP contribution in [0.5, 0.6) is 5.75 Å². The number of rotatable bonds is 6. The molecule has 1 aromatic carbocycles. The van der Waals surface area contributed by atoms with Crippen LogP contribution in [0.25, 0.3) is 0 Å². The van der Waals surface area contributed by atoms with Crippen molar-refractivity contribution in [2.24, 2.45) is 0 Å². The number of carbonyl (C=O) groups is 2. The van der Waals surface area contributed by atoms with E-state index < -0.39 is 11.8 Å². The average Bonchev–Trinajstić information content (AvgIpc) is 3.07. The SMILES string of the molecule is COc1ccc(F)cc1NC(=O)N(Cc1cccnc1)CC1CCC(=O)N1. The summed E-state index contributed by atoms with van der Waals surface area (Å²) in [5, 5.41) is 5.56. The summed E-state index contributed by atoms with van der Waals surface area (Å²) in [7, 11) is 1.45. The molecule has 3 amide bonds. The maximum absolute atomic E-state index is 13.6. The largest absolute Gasteiger partial charge is 0.495 e. The molecule has 1 unspecified atom stereocenters. The van der Waals surface area contributed by atoms with Crippen molar-refractivity contribution in [1.82, 2.24) is 15.2 Å². The average molecular weight is 372 g/mol. The molecule has 1 aromatic heterocycles. The van der Waals surface area contributed by atoms with Crippen molar-refractivity contribution in [2.75, 3.05) is 19.0 Å². The Balaban J connectivity index is 1.77. The minimum atomic E-state index is -0.479. The van der Waals surface area contributed by atoms with Gasteiger partial charge in [-0.05, 0) is 30.2 Å². The molecule has 3 rings (SSSR count). The number of methoxy groups -OCH3 is 1. The van der Waals surface area contributed by atoms with Gasteiger partial charge in [0.2, 0.25) is 5.91 Å². The zero-order valence-electron chi connectivity index (χ0n) is 14.9. The second-order valence-corrected chi connectivity index (χ2v) is 6.32. The van der Waals surface area contributed by atoms with Gasteiger partial charge < -0.3 is 20.3 Å². The Morgan fingerprint density at radius 1 is 1.44 bits per heavy atom. The predicted octanol–water partition coefficient (Wildman–Crippen LogP) is 2.54. The van der Waals surface area contributed by atoms with E-state index in [1.807, 2.05) is 6.07 Å². The molecule has 0 aliphatic carbocycles. The molecule has 0 bridgehead atoms. The van der Waals surface area contributed by atoms with Gasteiger partial charge in [0.25, 0.3) is 0 Å². The Labute approximate surface area is 156 Å². The molecule has 142 valence electrons. The monoisotopic (exact) mass is 372 g/mol. The topological polar surface area (TPSA) is 83.6 Å². The van der Waals surface area contributed by atoms with Gasteiger partial charge >= 0.3 is 6.03 Å². The van der Waals surface area contributed by atoms with E-state index in [1.54, 1.807) is 23.4 Å². The van der Waals surface area contributed by atoms with Gasteiger partial charge in [-0.3, -0.25) is 9.78 Å². The van der Waals surface area contributed by atoms with E-state index in [2.05, 4.69) is 15.6 Å². The molecular weight excluding hydrogens is 351 g/mol. The van der Waals surface area contributed by atoms with Crippen LogP contribution in [0.1, 0.15) is 18.4 Å². The molecule has 2 N–H and O–H groups in total. The second kappa shape index (κ2) is 8.48. The number of ether oxygens (including phenoxy) is 1. The van der Waals surface area contributed by atoms with Crippen LogP contribution in [0, 0.1) is 5.82 Å². The molecule has 27 heavy (non-hydrogen) atoms. The Morgan fingerprint density at radius 3 is 2.96 bits per heavy atom. The third kappa shape index (κ3) is 4.93. The summed E-state index contributed by atoms with van der Waals surface area (Å²) in [6.45, 7) is 0.647. The zero-order chi connectivity index (χ0) is 19.2. The number of anilines is 1. The molecule has 1 fully saturated rings. The maximum atomic E-state index is 13.6. The van der Waals surface area contributed by atoms with Crippen molar-refractivity contribution < 1.29 is 18.7 Å². The predicted molar refractivity (Wildman–Crippen MR) is 97.8 cm³/mol. The number of carbonyl (C=O) groups excluding carboxylic acids is 2. The first kappa shape index (κ1) is 18.6. The summed E-state index contributed by atoms with van der Waals surface area (Å²) >= 11 is 0. The third-order valence-corrected chi connectivity index (χ3v) is 4.31. The van der Waals surface area contributed by atoms with Gasteiger partial charge in [0, 0.05) is 44.0 Å². The number of nitrogens with zero attached hydrogens (tertiary/aromatic N) is 2. The Bertz CT molecular complexity index is 816. The molecule has 1 aliphatic heterocycles. The summed E-state index contributed by atoms with van der Waals surface area (Å²) in [6, 6.07) is 7.04. The number of amides is 3. The lowest BCUT2D eigenvalue weighted by Crippen LogP contribution is -2.43. The number of hydrogen-bond donors (Lipinski definition) is 2. The lowest BCUT2D eigenvalue weighted by Gasteiger charge is -2.26. The maximum Gasteiger partial charge on any atom is 0.322 e. The molecule has 0 spiro atoms. The minimum Gasteiger partial charge on any atom is -0.495 e. The number of halogens is 1. The molecular formula is C19H21FN4O3. The van der Waals surface area contributed by atoms with Crippen LogP contribution in [0.15, 0.2) is 42.7 Å². The van der Waals surface area contributed by atoms with E-state index in [9.17, 15) is 14.0 Å². The van der Waals surface area contributed by atoms with Crippen molar-refractivity contribution in [1.29, 1.82) is 0 Å². The molecule has 0 radical (unpaired) electrons. The van der Waals surface area contributed by atoms with E-state index in [4.69, 9.17) is 4.74 Å². The van der Waals surface area contributed by atoms with Gasteiger partial charge in [-0.1, -0.05) is 6.07 Å². The van der Waals surface area contributed by atoms with Crippen LogP contribution in [0.3, 0.4) is 0 Å². The van der Waals surface area contributed by atoms with Gasteiger partial charge in [-0.2, -0.15) is 0 Å². The molecule has 8 heteroatoms. The summed E-state index contributed by atoms with van der Waals surface area (Å²) in [5.74, 6) is -0.137. The molecule has 1 atom stereocenters. The highest BCUT2D eigenvalue weighted by Crippen LogP contribution is 2.25. The third-order valence-electron chi connectivity index (χ3n) is 4.31. The number of hydrogen-bond acceptors (Lipinski definition) is 4. The molecule has 0 saturated carbocycles. The number of aromatic nitrogens is 1. The number of urea groups is 1. The van der Waals surface area contributed by atoms with Gasteiger partial charge in [-0.15, -0.1) is 0 Å². The second-order valence-electron chi connectivity index (χ2n) is 6.32. The van der Waals surface area contributed by atoms with Crippen molar-refractivity contribution in [3.8, 4) is 5.75 Å². The summed E-state index contributed by atoms with van der Waals surface area (Å²) in [4.78, 5) is 30.0. The molecule has 1 aliphatic rings. The van der Waals surface area contributed by atoms with E-state index in [1.165, 1.54) is 25.3 Å². The molecule has 2 heterocycles. The van der Waals surface area contributed by atoms with Gasteiger partial charge in [0.1, 0.15) is 11.6 Å². The summed E-state index contributed by atoms with van der Waals surface area (Å²) in [6.07, 6.45) is 4.45. The quantitative estimate of drug-likeness (QED) is 0.816. The van der Waals surface area contributed by atoms with E-state index >= 15 is 0 Å². The van der Waals surface area contributed by atoms with Crippen molar-refractivity contribution in [2.45, 2.75) is 25.4 Å². The first-order chi connectivity index (χ1) is 13.0. The fourth-order valence-electron chi connectivity index (χ4n) is 2.98. The van der Waals surface area contributed by atoms with Gasteiger partial charge in [0.05, 0.1) is 12.8 Å². The number of benzene rings is 1. The smallest absolute Gasteiger partial charge is 0.322 e. The Kier molecular flexibility index (Phi) is 5.85.